The zero-order chi connectivity index (χ0) is 13.9. The Morgan fingerprint density at radius 2 is 1.79 bits per heavy atom. The van der Waals surface area contributed by atoms with Crippen LogP contribution in [0.1, 0.15) is 12.8 Å². The molecule has 0 aromatic heterocycles. The molecule has 0 aromatic carbocycles. The maximum Gasteiger partial charge on any atom is 0.243 e. The average molecular weight is 268 g/mol. The molecule has 0 radical (unpaired) electrons. The summed E-state index contributed by atoms with van der Waals surface area (Å²) in [5.41, 5.74) is -0.931. The highest BCUT2D eigenvalue weighted by atomic mass is 16.5. The second-order valence-electron chi connectivity index (χ2n) is 5.06. The third-order valence-corrected chi connectivity index (χ3v) is 4.08. The molecule has 6 nitrogen and oxygen atoms in total. The number of nitriles is 1. The van der Waals surface area contributed by atoms with Crippen LogP contribution in [0.15, 0.2) is 0 Å². The molecule has 2 aliphatic heterocycles. The van der Waals surface area contributed by atoms with Gasteiger partial charge in [0.15, 0.2) is 0 Å². The van der Waals surface area contributed by atoms with Crippen LogP contribution in [0.4, 0.5) is 0 Å². The van der Waals surface area contributed by atoms with E-state index in [1.54, 1.807) is 19.1 Å². The highest BCUT2D eigenvalue weighted by molar-refractivity contribution is 5.86. The van der Waals surface area contributed by atoms with Crippen LogP contribution in [0, 0.1) is 16.7 Å². The summed E-state index contributed by atoms with van der Waals surface area (Å²) in [7, 11) is 3.22. The van der Waals surface area contributed by atoms with Crippen LogP contribution in [0.5, 0.6) is 0 Å². The van der Waals surface area contributed by atoms with Gasteiger partial charge in [0, 0.05) is 40.5 Å². The van der Waals surface area contributed by atoms with Crippen LogP contribution in [-0.2, 0) is 19.0 Å². The van der Waals surface area contributed by atoms with Gasteiger partial charge in [0.2, 0.25) is 5.91 Å². The van der Waals surface area contributed by atoms with E-state index >= 15 is 0 Å². The van der Waals surface area contributed by atoms with Crippen molar-refractivity contribution in [2.24, 2.45) is 5.41 Å². The molecule has 2 saturated heterocycles. The molecule has 2 aliphatic rings. The van der Waals surface area contributed by atoms with E-state index in [9.17, 15) is 10.1 Å². The van der Waals surface area contributed by atoms with E-state index in [0.717, 1.165) is 0 Å². The van der Waals surface area contributed by atoms with E-state index in [4.69, 9.17) is 14.2 Å². The van der Waals surface area contributed by atoms with Crippen molar-refractivity contribution >= 4 is 5.91 Å². The van der Waals surface area contributed by atoms with Crippen molar-refractivity contribution in [3.05, 3.63) is 0 Å². The Morgan fingerprint density at radius 3 is 2.21 bits per heavy atom. The van der Waals surface area contributed by atoms with Crippen molar-refractivity contribution in [3.63, 3.8) is 0 Å². The van der Waals surface area contributed by atoms with Gasteiger partial charge in [0.1, 0.15) is 17.6 Å². The van der Waals surface area contributed by atoms with Gasteiger partial charge in [-0.3, -0.25) is 4.79 Å². The summed E-state index contributed by atoms with van der Waals surface area (Å²) < 4.78 is 15.9. The van der Waals surface area contributed by atoms with E-state index in [2.05, 4.69) is 6.07 Å². The molecule has 2 atom stereocenters. The largest absolute Gasteiger partial charge is 0.381 e. The Morgan fingerprint density at radius 1 is 1.26 bits per heavy atom. The Labute approximate surface area is 113 Å². The number of carbonyl (C=O) groups is 1. The minimum atomic E-state index is -0.931. The van der Waals surface area contributed by atoms with Gasteiger partial charge >= 0.3 is 0 Å². The molecule has 1 amide bonds. The fourth-order valence-corrected chi connectivity index (χ4v) is 2.76. The Hall–Kier alpha value is -1.16. The molecule has 0 aromatic rings. The summed E-state index contributed by atoms with van der Waals surface area (Å²) in [6.07, 6.45) is 0.691. The first kappa shape index (κ1) is 14.3. The van der Waals surface area contributed by atoms with Crippen molar-refractivity contribution < 1.29 is 19.0 Å². The molecule has 0 bridgehead atoms. The highest BCUT2D eigenvalue weighted by Gasteiger charge is 2.46. The van der Waals surface area contributed by atoms with Crippen LogP contribution in [0.25, 0.3) is 0 Å². The van der Waals surface area contributed by atoms with Gasteiger partial charge in [-0.15, -0.1) is 0 Å². The van der Waals surface area contributed by atoms with Crippen LogP contribution >= 0.6 is 0 Å². The third-order valence-electron chi connectivity index (χ3n) is 4.08. The number of hydrogen-bond donors (Lipinski definition) is 0. The van der Waals surface area contributed by atoms with Gasteiger partial charge in [-0.1, -0.05) is 0 Å². The topological polar surface area (TPSA) is 71.8 Å². The van der Waals surface area contributed by atoms with Crippen LogP contribution in [0.2, 0.25) is 0 Å². The number of hydrogen-bond acceptors (Lipinski definition) is 5. The normalized spacial score (nSPS) is 30.1. The lowest BCUT2D eigenvalue weighted by Crippen LogP contribution is -2.45. The molecule has 0 spiro atoms. The molecular weight excluding hydrogens is 248 g/mol. The van der Waals surface area contributed by atoms with Gasteiger partial charge in [0.05, 0.1) is 6.07 Å². The SMILES string of the molecule is COC1CN(C(=O)C2(C#N)CCOCC2)CC1OC. The molecule has 2 heterocycles. The number of ether oxygens (including phenoxy) is 3. The molecule has 106 valence electrons. The van der Waals surface area contributed by atoms with Crippen molar-refractivity contribution in [1.29, 1.82) is 5.26 Å². The summed E-state index contributed by atoms with van der Waals surface area (Å²) in [4.78, 5) is 14.3. The van der Waals surface area contributed by atoms with Crippen molar-refractivity contribution in [2.75, 3.05) is 40.5 Å². The van der Waals surface area contributed by atoms with Gasteiger partial charge in [-0.25, -0.2) is 0 Å². The third kappa shape index (κ3) is 2.59. The Balaban J connectivity index is 2.09. The van der Waals surface area contributed by atoms with E-state index < -0.39 is 5.41 Å². The van der Waals surface area contributed by atoms with E-state index in [1.807, 2.05) is 0 Å². The molecule has 0 saturated carbocycles. The number of carbonyl (C=O) groups excluding carboxylic acids is 1. The second kappa shape index (κ2) is 5.87. The summed E-state index contributed by atoms with van der Waals surface area (Å²) >= 11 is 0. The van der Waals surface area contributed by atoms with Crippen molar-refractivity contribution in [2.45, 2.75) is 25.0 Å². The predicted octanol–water partition coefficient (Wildman–Crippen LogP) is 0.179. The minimum absolute atomic E-state index is 0.111. The van der Waals surface area contributed by atoms with Gasteiger partial charge in [0.25, 0.3) is 0 Å². The number of nitrogens with zero attached hydrogens (tertiary/aromatic N) is 2. The lowest BCUT2D eigenvalue weighted by molar-refractivity contribution is -0.143. The smallest absolute Gasteiger partial charge is 0.243 e. The van der Waals surface area contributed by atoms with Crippen LogP contribution in [0.3, 0.4) is 0 Å². The second-order valence-corrected chi connectivity index (χ2v) is 5.06. The Bertz CT molecular complexity index is 361. The first-order valence-electron chi connectivity index (χ1n) is 6.51. The Kier molecular flexibility index (Phi) is 4.40. The zero-order valence-corrected chi connectivity index (χ0v) is 11.4. The summed E-state index contributed by atoms with van der Waals surface area (Å²) in [5.74, 6) is -0.111. The van der Waals surface area contributed by atoms with Crippen LogP contribution in [-0.4, -0.2) is 63.5 Å². The number of amides is 1. The molecule has 2 rings (SSSR count). The molecular formula is C13H20N2O4. The fourth-order valence-electron chi connectivity index (χ4n) is 2.76. The van der Waals surface area contributed by atoms with Crippen molar-refractivity contribution in [1.82, 2.24) is 4.90 Å². The fraction of sp³-hybridized carbons (Fsp3) is 0.846. The molecule has 2 fully saturated rings. The molecule has 0 aliphatic carbocycles. The standard InChI is InChI=1S/C13H20N2O4/c1-17-10-7-15(8-11(10)18-2)12(16)13(9-14)3-5-19-6-4-13/h10-11H,3-8H2,1-2H3. The lowest BCUT2D eigenvalue weighted by atomic mass is 9.80. The number of rotatable bonds is 3. The molecule has 19 heavy (non-hydrogen) atoms. The van der Waals surface area contributed by atoms with Crippen LogP contribution < -0.4 is 0 Å². The van der Waals surface area contributed by atoms with Gasteiger partial charge < -0.3 is 19.1 Å². The van der Waals surface area contributed by atoms with Gasteiger partial charge in [-0.05, 0) is 12.8 Å². The first-order valence-corrected chi connectivity index (χ1v) is 6.51. The number of methoxy groups -OCH3 is 2. The molecule has 0 N–H and O–H groups in total. The van der Waals surface area contributed by atoms with E-state index in [-0.39, 0.29) is 18.1 Å². The predicted molar refractivity (Wildman–Crippen MR) is 66.3 cm³/mol. The lowest BCUT2D eigenvalue weighted by Gasteiger charge is -2.32. The summed E-state index contributed by atoms with van der Waals surface area (Å²) in [6, 6.07) is 2.21. The van der Waals surface area contributed by atoms with E-state index in [0.29, 0.717) is 39.1 Å². The average Bonchev–Trinajstić information content (AvgIpc) is 2.90. The quantitative estimate of drug-likeness (QED) is 0.730. The van der Waals surface area contributed by atoms with Gasteiger partial charge in [-0.2, -0.15) is 5.26 Å². The zero-order valence-electron chi connectivity index (χ0n) is 11.4. The summed E-state index contributed by atoms with van der Waals surface area (Å²) in [5, 5.41) is 9.40. The highest BCUT2D eigenvalue weighted by Crippen LogP contribution is 2.33. The first-order chi connectivity index (χ1) is 9.16. The summed E-state index contributed by atoms with van der Waals surface area (Å²) in [6.45, 7) is 1.90. The van der Waals surface area contributed by atoms with Crippen molar-refractivity contribution in [3.8, 4) is 6.07 Å². The van der Waals surface area contributed by atoms with E-state index in [1.165, 1.54) is 0 Å². The monoisotopic (exact) mass is 268 g/mol. The molecule has 6 heteroatoms. The minimum Gasteiger partial charge on any atom is -0.381 e. The molecule has 2 unspecified atom stereocenters. The maximum absolute atomic E-state index is 12.6. The number of likely N-dealkylation sites (tertiary alicyclic amines) is 1. The maximum atomic E-state index is 12.6.